The molecule has 1 aromatic heterocycles. The maximum atomic E-state index is 6.31. The average Bonchev–Trinajstić information content (AvgIpc) is 2.65. The minimum atomic E-state index is -1.82. The highest BCUT2D eigenvalue weighted by molar-refractivity contribution is 6.74. The van der Waals surface area contributed by atoms with E-state index in [1.54, 1.807) is 7.11 Å². The van der Waals surface area contributed by atoms with Crippen LogP contribution >= 0.6 is 0 Å². The predicted molar refractivity (Wildman–Crippen MR) is 120 cm³/mol. The second-order valence-corrected chi connectivity index (χ2v) is 13.2. The Morgan fingerprint density at radius 2 is 1.79 bits per heavy atom. The third-order valence-electron chi connectivity index (χ3n) is 5.36. The highest BCUT2D eigenvalue weighted by Gasteiger charge is 2.37. The molecular formula is C23H33NO3Si. The maximum Gasteiger partial charge on any atom is 0.192 e. The van der Waals surface area contributed by atoms with Crippen LogP contribution in [0, 0.1) is 0 Å². The fourth-order valence-corrected chi connectivity index (χ4v) is 3.45. The molecule has 0 fully saturated rings. The van der Waals surface area contributed by atoms with Gasteiger partial charge in [0.25, 0.3) is 0 Å². The number of ether oxygens (including phenoxy) is 2. The average molecular weight is 400 g/mol. The molecule has 5 heteroatoms. The predicted octanol–water partition coefficient (Wildman–Crippen LogP) is 6.19. The number of pyridine rings is 1. The first-order chi connectivity index (χ1) is 13.1. The Kier molecular flexibility index (Phi) is 7.07. The zero-order valence-corrected chi connectivity index (χ0v) is 19.3. The van der Waals surface area contributed by atoms with Crippen LogP contribution < -0.4 is 9.47 Å². The summed E-state index contributed by atoms with van der Waals surface area (Å²) in [6, 6.07) is 8.01. The van der Waals surface area contributed by atoms with Gasteiger partial charge in [-0.1, -0.05) is 33.4 Å². The number of nitrogens with zero attached hydrogens (tertiary/aromatic N) is 1. The molecule has 0 saturated carbocycles. The molecule has 28 heavy (non-hydrogen) atoms. The van der Waals surface area contributed by atoms with E-state index in [-0.39, 0.29) is 5.04 Å². The van der Waals surface area contributed by atoms with Crippen molar-refractivity contribution in [3.8, 4) is 22.6 Å². The zero-order chi connectivity index (χ0) is 20.9. The lowest BCUT2D eigenvalue weighted by atomic mass is 10.0. The second-order valence-electron chi connectivity index (χ2n) is 8.41. The van der Waals surface area contributed by atoms with Gasteiger partial charge < -0.3 is 13.9 Å². The molecule has 0 N–H and O–H groups in total. The van der Waals surface area contributed by atoms with E-state index < -0.39 is 8.32 Å². The van der Waals surface area contributed by atoms with Crippen LogP contribution in [-0.4, -0.2) is 33.6 Å². The molecule has 1 heterocycles. The summed E-state index contributed by atoms with van der Waals surface area (Å²) in [5.41, 5.74) is 3.97. The molecule has 4 nitrogen and oxygen atoms in total. The molecule has 0 atom stereocenters. The summed E-state index contributed by atoms with van der Waals surface area (Å²) >= 11 is 0. The summed E-state index contributed by atoms with van der Waals surface area (Å²) in [5.74, 6) is 1.45. The smallest absolute Gasteiger partial charge is 0.192 e. The van der Waals surface area contributed by atoms with Crippen molar-refractivity contribution in [2.45, 2.75) is 45.8 Å². The summed E-state index contributed by atoms with van der Waals surface area (Å²) in [5, 5.41) is 0.173. The Hall–Kier alpha value is -2.11. The first-order valence-corrected chi connectivity index (χ1v) is 12.6. The van der Waals surface area contributed by atoms with Gasteiger partial charge in [-0.25, -0.2) is 0 Å². The van der Waals surface area contributed by atoms with Crippen molar-refractivity contribution in [2.24, 2.45) is 0 Å². The topological polar surface area (TPSA) is 40.6 Å². The molecule has 0 aliphatic heterocycles. The molecule has 0 bridgehead atoms. The first kappa shape index (κ1) is 22.2. The molecule has 0 amide bonds. The number of rotatable bonds is 8. The van der Waals surface area contributed by atoms with E-state index in [0.717, 1.165) is 33.8 Å². The van der Waals surface area contributed by atoms with Crippen molar-refractivity contribution in [3.05, 3.63) is 48.8 Å². The Labute approximate surface area is 170 Å². The van der Waals surface area contributed by atoms with E-state index in [4.69, 9.17) is 13.9 Å². The van der Waals surface area contributed by atoms with Gasteiger partial charge in [-0.3, -0.25) is 4.98 Å². The molecule has 152 valence electrons. The number of benzene rings is 1. The van der Waals surface area contributed by atoms with E-state index in [1.165, 1.54) is 0 Å². The summed E-state index contributed by atoms with van der Waals surface area (Å²) < 4.78 is 17.4. The van der Waals surface area contributed by atoms with E-state index in [2.05, 4.69) is 51.5 Å². The Bertz CT molecular complexity index is 825. The Balaban J connectivity index is 2.22. The van der Waals surface area contributed by atoms with Crippen LogP contribution in [0.5, 0.6) is 11.5 Å². The number of aromatic nitrogens is 1. The van der Waals surface area contributed by atoms with Gasteiger partial charge in [0.05, 0.1) is 20.3 Å². The van der Waals surface area contributed by atoms with Crippen LogP contribution in [0.2, 0.25) is 18.1 Å². The lowest BCUT2D eigenvalue weighted by Gasteiger charge is -2.36. The normalized spacial score (nSPS) is 12.0. The van der Waals surface area contributed by atoms with Crippen LogP contribution in [-0.2, 0) is 4.43 Å². The van der Waals surface area contributed by atoms with E-state index in [0.29, 0.717) is 13.2 Å². The first-order valence-electron chi connectivity index (χ1n) is 9.67. The Morgan fingerprint density at radius 1 is 1.07 bits per heavy atom. The minimum absolute atomic E-state index is 0.173. The molecular weight excluding hydrogens is 366 g/mol. The molecule has 0 unspecified atom stereocenters. The van der Waals surface area contributed by atoms with E-state index in [1.807, 2.05) is 37.5 Å². The molecule has 0 saturated heterocycles. The minimum Gasteiger partial charge on any atom is -0.493 e. The van der Waals surface area contributed by atoms with Crippen molar-refractivity contribution in [3.63, 3.8) is 0 Å². The number of hydrogen-bond donors (Lipinski definition) is 0. The summed E-state index contributed by atoms with van der Waals surface area (Å²) in [4.78, 5) is 4.42. The quantitative estimate of drug-likeness (QED) is 0.496. The van der Waals surface area contributed by atoms with Gasteiger partial charge >= 0.3 is 0 Å². The summed E-state index contributed by atoms with van der Waals surface area (Å²) in [7, 11) is -0.172. The van der Waals surface area contributed by atoms with Crippen molar-refractivity contribution in [1.82, 2.24) is 4.98 Å². The zero-order valence-electron chi connectivity index (χ0n) is 18.3. The Morgan fingerprint density at radius 3 is 2.39 bits per heavy atom. The van der Waals surface area contributed by atoms with Crippen LogP contribution in [0.3, 0.4) is 0 Å². The fourth-order valence-electron chi connectivity index (χ4n) is 2.48. The van der Waals surface area contributed by atoms with Gasteiger partial charge in [-0.05, 0) is 60.0 Å². The van der Waals surface area contributed by atoms with Gasteiger partial charge in [-0.15, -0.1) is 0 Å². The lowest BCUT2D eigenvalue weighted by molar-refractivity contribution is 0.311. The molecule has 0 aliphatic carbocycles. The van der Waals surface area contributed by atoms with Gasteiger partial charge in [0.2, 0.25) is 0 Å². The molecule has 1 aromatic carbocycles. The lowest BCUT2D eigenvalue weighted by Crippen LogP contribution is -2.41. The third kappa shape index (κ3) is 5.24. The molecule has 0 spiro atoms. The largest absolute Gasteiger partial charge is 0.493 e. The van der Waals surface area contributed by atoms with Gasteiger partial charge in [0, 0.05) is 18.0 Å². The van der Waals surface area contributed by atoms with Gasteiger partial charge in [0.15, 0.2) is 19.8 Å². The number of hydrogen-bond acceptors (Lipinski definition) is 4. The number of methoxy groups -OCH3 is 1. The van der Waals surface area contributed by atoms with Crippen LogP contribution in [0.25, 0.3) is 16.7 Å². The highest BCUT2D eigenvalue weighted by Crippen LogP contribution is 2.37. The van der Waals surface area contributed by atoms with Crippen molar-refractivity contribution in [2.75, 3.05) is 20.3 Å². The highest BCUT2D eigenvalue weighted by atomic mass is 28.4. The maximum absolute atomic E-state index is 6.31. The summed E-state index contributed by atoms with van der Waals surface area (Å²) in [6.45, 7) is 18.5. The second kappa shape index (κ2) is 8.93. The van der Waals surface area contributed by atoms with Gasteiger partial charge in [0.1, 0.15) is 0 Å². The van der Waals surface area contributed by atoms with Crippen molar-refractivity contribution >= 4 is 13.9 Å². The van der Waals surface area contributed by atoms with Crippen molar-refractivity contribution in [1.29, 1.82) is 0 Å². The monoisotopic (exact) mass is 399 g/mol. The molecule has 2 rings (SSSR count). The molecule has 0 radical (unpaired) electrons. The third-order valence-corrected chi connectivity index (χ3v) is 9.84. The van der Waals surface area contributed by atoms with Crippen LogP contribution in [0.1, 0.15) is 33.3 Å². The fraction of sp³-hybridized carbons (Fsp3) is 0.435. The SMILES string of the molecule is C=C(CO[Si](C)(C)C(C)(C)C)c1cncc(-c2ccc(OC)c(OCC)c2)c1. The van der Waals surface area contributed by atoms with E-state index >= 15 is 0 Å². The molecule has 0 aliphatic rings. The summed E-state index contributed by atoms with van der Waals surface area (Å²) in [6.07, 6.45) is 3.69. The van der Waals surface area contributed by atoms with E-state index in [9.17, 15) is 0 Å². The van der Waals surface area contributed by atoms with Crippen LogP contribution in [0.15, 0.2) is 43.2 Å². The van der Waals surface area contributed by atoms with Gasteiger partial charge in [-0.2, -0.15) is 0 Å². The molecule has 2 aromatic rings. The van der Waals surface area contributed by atoms with Crippen LogP contribution in [0.4, 0.5) is 0 Å². The van der Waals surface area contributed by atoms with Crippen molar-refractivity contribution < 1.29 is 13.9 Å². The standard InChI is InChI=1S/C23H33NO3Si/c1-9-26-22-13-18(10-11-21(22)25-6)20-12-19(14-24-15-20)17(2)16-27-28(7,8)23(3,4)5/h10-15H,2,9,16H2,1,3-8H3.